The van der Waals surface area contributed by atoms with Crippen LogP contribution in [0.4, 0.5) is 0 Å². The van der Waals surface area contributed by atoms with Crippen LogP contribution < -0.4 is 0 Å². The topological polar surface area (TPSA) is 0 Å². The molecule has 0 radical (unpaired) electrons. The minimum atomic E-state index is 0.923. The van der Waals surface area contributed by atoms with E-state index >= 15 is 0 Å². The van der Waals surface area contributed by atoms with E-state index in [-0.39, 0.29) is 0 Å². The molecule has 2 aliphatic rings. The third-order valence-electron chi connectivity index (χ3n) is 3.83. The average Bonchev–Trinajstić information content (AvgIpc) is 2.39. The Bertz CT molecular complexity index is 148. The van der Waals surface area contributed by atoms with E-state index in [1.54, 1.807) is 6.42 Å². The largest absolute Gasteiger partial charge is 0.0628 e. The molecule has 0 aromatic rings. The summed E-state index contributed by atoms with van der Waals surface area (Å²) in [5, 5.41) is 0. The first-order valence-corrected chi connectivity index (χ1v) is 5.20. The van der Waals surface area contributed by atoms with Gasteiger partial charge < -0.3 is 0 Å². The van der Waals surface area contributed by atoms with Crippen LogP contribution in [0.25, 0.3) is 0 Å². The molecule has 0 bridgehead atoms. The van der Waals surface area contributed by atoms with E-state index in [4.69, 9.17) is 0 Å². The van der Waals surface area contributed by atoms with Crippen LogP contribution in [0.1, 0.15) is 40.0 Å². The van der Waals surface area contributed by atoms with E-state index in [9.17, 15) is 0 Å². The Morgan fingerprint density at radius 2 is 2.00 bits per heavy atom. The molecule has 4 atom stereocenters. The SMILES string of the molecule is CC(C)CC1CCC2C(C)C12. The zero-order valence-electron chi connectivity index (χ0n) is 8.01. The summed E-state index contributed by atoms with van der Waals surface area (Å²) in [6.07, 6.45) is 4.58. The van der Waals surface area contributed by atoms with Gasteiger partial charge in [0.05, 0.1) is 0 Å². The minimum Gasteiger partial charge on any atom is -0.0628 e. The Labute approximate surface area is 70.4 Å². The maximum Gasteiger partial charge on any atom is -0.0326 e. The van der Waals surface area contributed by atoms with Crippen molar-refractivity contribution in [3.63, 3.8) is 0 Å². The van der Waals surface area contributed by atoms with Crippen LogP contribution in [0.2, 0.25) is 0 Å². The summed E-state index contributed by atoms with van der Waals surface area (Å²) in [7, 11) is 0. The molecule has 4 unspecified atom stereocenters. The highest BCUT2D eigenvalue weighted by atomic mass is 14.6. The average molecular weight is 152 g/mol. The molecule has 0 spiro atoms. The van der Waals surface area contributed by atoms with Crippen LogP contribution in [0, 0.1) is 29.6 Å². The van der Waals surface area contributed by atoms with Gasteiger partial charge in [-0.05, 0) is 48.9 Å². The summed E-state index contributed by atoms with van der Waals surface area (Å²) in [6.45, 7) is 7.17. The Hall–Kier alpha value is 0. The fraction of sp³-hybridized carbons (Fsp3) is 1.00. The lowest BCUT2D eigenvalue weighted by Gasteiger charge is -2.14. The molecule has 0 aromatic carbocycles. The van der Waals surface area contributed by atoms with Crippen molar-refractivity contribution in [2.75, 3.05) is 0 Å². The Balaban J connectivity index is 1.87. The van der Waals surface area contributed by atoms with Crippen molar-refractivity contribution in [1.29, 1.82) is 0 Å². The van der Waals surface area contributed by atoms with Crippen molar-refractivity contribution in [3.05, 3.63) is 0 Å². The van der Waals surface area contributed by atoms with Gasteiger partial charge in [-0.25, -0.2) is 0 Å². The van der Waals surface area contributed by atoms with Gasteiger partial charge >= 0.3 is 0 Å². The van der Waals surface area contributed by atoms with Gasteiger partial charge in [0.2, 0.25) is 0 Å². The molecule has 2 saturated carbocycles. The van der Waals surface area contributed by atoms with Gasteiger partial charge in [0.15, 0.2) is 0 Å². The van der Waals surface area contributed by atoms with Gasteiger partial charge in [-0.2, -0.15) is 0 Å². The quantitative estimate of drug-likeness (QED) is 0.569. The molecule has 2 aliphatic carbocycles. The van der Waals surface area contributed by atoms with E-state index in [0.717, 1.165) is 29.6 Å². The van der Waals surface area contributed by atoms with Gasteiger partial charge in [0, 0.05) is 0 Å². The predicted molar refractivity (Wildman–Crippen MR) is 48.3 cm³/mol. The fourth-order valence-corrected chi connectivity index (χ4v) is 3.29. The Kier molecular flexibility index (Phi) is 1.74. The summed E-state index contributed by atoms with van der Waals surface area (Å²) < 4.78 is 0. The number of fused-ring (bicyclic) bond motifs is 1. The highest BCUT2D eigenvalue weighted by Crippen LogP contribution is 2.61. The second kappa shape index (κ2) is 2.50. The number of hydrogen-bond donors (Lipinski definition) is 0. The normalized spacial score (nSPS) is 48.0. The second-order valence-corrected chi connectivity index (χ2v) is 5.07. The first-order chi connectivity index (χ1) is 5.20. The summed E-state index contributed by atoms with van der Waals surface area (Å²) in [4.78, 5) is 0. The van der Waals surface area contributed by atoms with Crippen molar-refractivity contribution in [3.8, 4) is 0 Å². The van der Waals surface area contributed by atoms with Crippen molar-refractivity contribution in [1.82, 2.24) is 0 Å². The Morgan fingerprint density at radius 1 is 1.27 bits per heavy atom. The van der Waals surface area contributed by atoms with Crippen LogP contribution in [-0.2, 0) is 0 Å². The molecule has 0 N–H and O–H groups in total. The molecular weight excluding hydrogens is 132 g/mol. The maximum absolute atomic E-state index is 2.45. The van der Waals surface area contributed by atoms with Gasteiger partial charge in [-0.1, -0.05) is 20.8 Å². The second-order valence-electron chi connectivity index (χ2n) is 5.07. The summed E-state index contributed by atoms with van der Waals surface area (Å²) in [5.41, 5.74) is 0. The molecule has 2 fully saturated rings. The molecule has 0 aromatic heterocycles. The minimum absolute atomic E-state index is 0.923. The fourth-order valence-electron chi connectivity index (χ4n) is 3.29. The van der Waals surface area contributed by atoms with Crippen LogP contribution in [0.3, 0.4) is 0 Å². The molecule has 0 saturated heterocycles. The van der Waals surface area contributed by atoms with Crippen LogP contribution in [-0.4, -0.2) is 0 Å². The third-order valence-corrected chi connectivity index (χ3v) is 3.83. The van der Waals surface area contributed by atoms with E-state index in [0.29, 0.717) is 0 Å². The van der Waals surface area contributed by atoms with Crippen LogP contribution in [0.5, 0.6) is 0 Å². The molecule has 0 aliphatic heterocycles. The molecule has 0 amide bonds. The first-order valence-electron chi connectivity index (χ1n) is 5.20. The zero-order chi connectivity index (χ0) is 8.01. The molecule has 11 heavy (non-hydrogen) atoms. The molecule has 2 rings (SSSR count). The van der Waals surface area contributed by atoms with E-state index in [2.05, 4.69) is 20.8 Å². The smallest absolute Gasteiger partial charge is 0.0326 e. The molecule has 0 nitrogen and oxygen atoms in total. The van der Waals surface area contributed by atoms with E-state index in [1.807, 2.05) is 0 Å². The lowest BCUT2D eigenvalue weighted by Crippen LogP contribution is -2.05. The highest BCUT2D eigenvalue weighted by molar-refractivity contribution is 5.03. The molecule has 64 valence electrons. The lowest BCUT2D eigenvalue weighted by atomic mass is 9.91. The highest BCUT2D eigenvalue weighted by Gasteiger charge is 2.54. The van der Waals surface area contributed by atoms with E-state index < -0.39 is 0 Å². The summed E-state index contributed by atoms with van der Waals surface area (Å²) >= 11 is 0. The molecule has 0 heterocycles. The number of hydrogen-bond acceptors (Lipinski definition) is 0. The van der Waals surface area contributed by atoms with Gasteiger partial charge in [-0.3, -0.25) is 0 Å². The summed E-state index contributed by atoms with van der Waals surface area (Å²) in [6, 6.07) is 0. The monoisotopic (exact) mass is 152 g/mol. The Morgan fingerprint density at radius 3 is 2.45 bits per heavy atom. The van der Waals surface area contributed by atoms with Gasteiger partial charge in [-0.15, -0.1) is 0 Å². The van der Waals surface area contributed by atoms with Crippen molar-refractivity contribution < 1.29 is 0 Å². The lowest BCUT2D eigenvalue weighted by molar-refractivity contribution is 0.360. The van der Waals surface area contributed by atoms with Gasteiger partial charge in [0.25, 0.3) is 0 Å². The predicted octanol–water partition coefficient (Wildman–Crippen LogP) is 3.32. The summed E-state index contributed by atoms with van der Waals surface area (Å²) in [5.74, 6) is 5.42. The maximum atomic E-state index is 2.45. The zero-order valence-corrected chi connectivity index (χ0v) is 8.01. The standard InChI is InChI=1S/C11H20/c1-7(2)6-9-4-5-10-8(3)11(9)10/h7-11H,4-6H2,1-3H3. The number of rotatable bonds is 2. The van der Waals surface area contributed by atoms with Gasteiger partial charge in [0.1, 0.15) is 0 Å². The van der Waals surface area contributed by atoms with Crippen LogP contribution >= 0.6 is 0 Å². The third kappa shape index (κ3) is 1.21. The first kappa shape index (κ1) is 7.64. The van der Waals surface area contributed by atoms with Crippen molar-refractivity contribution in [2.24, 2.45) is 29.6 Å². The molecular formula is C11H20. The van der Waals surface area contributed by atoms with E-state index in [1.165, 1.54) is 12.8 Å². The van der Waals surface area contributed by atoms with Crippen molar-refractivity contribution >= 4 is 0 Å². The van der Waals surface area contributed by atoms with Crippen molar-refractivity contribution in [2.45, 2.75) is 40.0 Å². The molecule has 0 heteroatoms. The van der Waals surface area contributed by atoms with Crippen LogP contribution in [0.15, 0.2) is 0 Å².